The Labute approximate surface area is 160 Å². The maximum atomic E-state index is 13.2. The van der Waals surface area contributed by atoms with Gasteiger partial charge in [0.1, 0.15) is 0 Å². The fourth-order valence-corrected chi connectivity index (χ4v) is 5.24. The van der Waals surface area contributed by atoms with Crippen molar-refractivity contribution in [3.8, 4) is 0 Å². The highest BCUT2D eigenvalue weighted by Crippen LogP contribution is 2.41. The van der Waals surface area contributed by atoms with Crippen molar-refractivity contribution in [3.05, 3.63) is 47.8 Å². The van der Waals surface area contributed by atoms with Crippen LogP contribution in [0.2, 0.25) is 0 Å². The summed E-state index contributed by atoms with van der Waals surface area (Å²) < 4.78 is 36.4. The van der Waals surface area contributed by atoms with Crippen LogP contribution in [-0.4, -0.2) is 41.7 Å². The molecule has 2 saturated carbocycles. The van der Waals surface area contributed by atoms with E-state index in [2.05, 4.69) is 5.10 Å². The van der Waals surface area contributed by atoms with Gasteiger partial charge in [-0.05, 0) is 50.7 Å². The molecule has 2 atom stereocenters. The number of ether oxygens (including phenoxy) is 1. The SMILES string of the molecule is Cc1ccc(S(=O)(=O)N2CC(c3cnn(C4CC4)c3)O[C@H](C3CC3)C2)cc1. The van der Waals surface area contributed by atoms with Crippen LogP contribution in [0.1, 0.15) is 49.0 Å². The fourth-order valence-electron chi connectivity index (χ4n) is 3.78. The molecule has 1 aromatic carbocycles. The first-order valence-corrected chi connectivity index (χ1v) is 11.2. The summed E-state index contributed by atoms with van der Waals surface area (Å²) in [7, 11) is -3.53. The molecule has 0 spiro atoms. The number of hydrogen-bond acceptors (Lipinski definition) is 4. The second-order valence-electron chi connectivity index (χ2n) is 8.12. The van der Waals surface area contributed by atoms with Gasteiger partial charge in [0.05, 0.1) is 29.3 Å². The highest BCUT2D eigenvalue weighted by Gasteiger charge is 2.43. The zero-order valence-corrected chi connectivity index (χ0v) is 16.3. The van der Waals surface area contributed by atoms with Gasteiger partial charge in [-0.2, -0.15) is 9.40 Å². The Morgan fingerprint density at radius 3 is 2.48 bits per heavy atom. The second-order valence-corrected chi connectivity index (χ2v) is 10.1. The predicted octanol–water partition coefficient (Wildman–Crippen LogP) is 3.07. The Morgan fingerprint density at radius 1 is 1.07 bits per heavy atom. The first-order chi connectivity index (χ1) is 13.0. The molecule has 144 valence electrons. The Morgan fingerprint density at radius 2 is 1.81 bits per heavy atom. The van der Waals surface area contributed by atoms with Crippen LogP contribution in [-0.2, 0) is 14.8 Å². The molecule has 27 heavy (non-hydrogen) atoms. The molecule has 3 fully saturated rings. The minimum absolute atomic E-state index is 0.0340. The van der Waals surface area contributed by atoms with E-state index in [9.17, 15) is 8.42 Å². The molecule has 1 aliphatic heterocycles. The molecule has 2 heterocycles. The van der Waals surface area contributed by atoms with E-state index in [4.69, 9.17) is 4.74 Å². The molecule has 3 aliphatic rings. The van der Waals surface area contributed by atoms with Crippen LogP contribution in [0, 0.1) is 12.8 Å². The molecule has 5 rings (SSSR count). The number of nitrogens with zero attached hydrogens (tertiary/aromatic N) is 3. The van der Waals surface area contributed by atoms with Gasteiger partial charge >= 0.3 is 0 Å². The van der Waals surface area contributed by atoms with Crippen molar-refractivity contribution >= 4 is 10.0 Å². The van der Waals surface area contributed by atoms with Crippen LogP contribution in [0.4, 0.5) is 0 Å². The summed E-state index contributed by atoms with van der Waals surface area (Å²) in [6.45, 7) is 2.74. The Bertz CT molecular complexity index is 930. The third-order valence-electron chi connectivity index (χ3n) is 5.81. The van der Waals surface area contributed by atoms with Gasteiger partial charge < -0.3 is 4.74 Å². The highest BCUT2D eigenvalue weighted by atomic mass is 32.2. The zero-order valence-electron chi connectivity index (χ0n) is 15.5. The molecule has 1 aromatic heterocycles. The average molecular weight is 388 g/mol. The second kappa shape index (κ2) is 6.43. The lowest BCUT2D eigenvalue weighted by molar-refractivity contribution is -0.0747. The zero-order chi connectivity index (χ0) is 18.6. The van der Waals surface area contributed by atoms with Crippen molar-refractivity contribution in [3.63, 3.8) is 0 Å². The number of benzene rings is 1. The Kier molecular flexibility index (Phi) is 4.14. The predicted molar refractivity (Wildman–Crippen MR) is 101 cm³/mol. The summed E-state index contributed by atoms with van der Waals surface area (Å²) in [4.78, 5) is 0.358. The van der Waals surface area contributed by atoms with Gasteiger partial charge in [0.2, 0.25) is 10.0 Å². The van der Waals surface area contributed by atoms with Crippen LogP contribution in [0.25, 0.3) is 0 Å². The first-order valence-electron chi connectivity index (χ1n) is 9.77. The monoisotopic (exact) mass is 387 g/mol. The molecule has 1 saturated heterocycles. The largest absolute Gasteiger partial charge is 0.367 e. The number of rotatable bonds is 5. The van der Waals surface area contributed by atoms with Crippen LogP contribution in [0.3, 0.4) is 0 Å². The third-order valence-corrected chi connectivity index (χ3v) is 7.66. The number of aryl methyl sites for hydroxylation is 1. The Hall–Kier alpha value is -1.70. The topological polar surface area (TPSA) is 64.4 Å². The summed E-state index contributed by atoms with van der Waals surface area (Å²) in [5.74, 6) is 0.474. The number of sulfonamides is 1. The fraction of sp³-hybridized carbons (Fsp3) is 0.550. The van der Waals surface area contributed by atoms with Crippen molar-refractivity contribution in [1.29, 1.82) is 0 Å². The van der Waals surface area contributed by atoms with Gasteiger partial charge in [0.25, 0.3) is 0 Å². The first kappa shape index (κ1) is 17.4. The molecule has 1 unspecified atom stereocenters. The van der Waals surface area contributed by atoms with E-state index in [0.29, 0.717) is 29.9 Å². The summed E-state index contributed by atoms with van der Waals surface area (Å²) >= 11 is 0. The van der Waals surface area contributed by atoms with Gasteiger partial charge in [0.15, 0.2) is 0 Å². The minimum Gasteiger partial charge on any atom is -0.367 e. The molecule has 0 amide bonds. The molecule has 0 N–H and O–H groups in total. The maximum absolute atomic E-state index is 13.2. The van der Waals surface area contributed by atoms with Crippen LogP contribution >= 0.6 is 0 Å². The van der Waals surface area contributed by atoms with Crippen LogP contribution < -0.4 is 0 Å². The molecular weight excluding hydrogens is 362 g/mol. The molecular formula is C20H25N3O3S. The third kappa shape index (κ3) is 3.44. The average Bonchev–Trinajstić information content (AvgIpc) is 3.60. The molecule has 0 radical (unpaired) electrons. The van der Waals surface area contributed by atoms with Gasteiger partial charge in [-0.15, -0.1) is 0 Å². The Balaban J connectivity index is 1.43. The summed E-state index contributed by atoms with van der Waals surface area (Å²) in [6.07, 6.45) is 8.18. The number of aromatic nitrogens is 2. The van der Waals surface area contributed by atoms with Gasteiger partial charge in [-0.1, -0.05) is 17.7 Å². The van der Waals surface area contributed by atoms with E-state index in [1.165, 1.54) is 12.8 Å². The van der Waals surface area contributed by atoms with E-state index < -0.39 is 10.0 Å². The van der Waals surface area contributed by atoms with E-state index >= 15 is 0 Å². The highest BCUT2D eigenvalue weighted by molar-refractivity contribution is 7.89. The van der Waals surface area contributed by atoms with E-state index in [1.807, 2.05) is 36.1 Å². The minimum atomic E-state index is -3.53. The van der Waals surface area contributed by atoms with Crippen molar-refractivity contribution < 1.29 is 13.2 Å². The molecule has 6 nitrogen and oxygen atoms in total. The van der Waals surface area contributed by atoms with Crippen molar-refractivity contribution in [2.45, 2.75) is 55.8 Å². The number of hydrogen-bond donors (Lipinski definition) is 0. The van der Waals surface area contributed by atoms with Crippen LogP contribution in [0.15, 0.2) is 41.6 Å². The smallest absolute Gasteiger partial charge is 0.243 e. The van der Waals surface area contributed by atoms with Crippen molar-refractivity contribution in [1.82, 2.24) is 14.1 Å². The van der Waals surface area contributed by atoms with E-state index in [-0.39, 0.29) is 12.2 Å². The molecule has 7 heteroatoms. The summed E-state index contributed by atoms with van der Waals surface area (Å²) in [6, 6.07) is 7.61. The van der Waals surface area contributed by atoms with Crippen LogP contribution in [0.5, 0.6) is 0 Å². The quantitative estimate of drug-likeness (QED) is 0.791. The number of morpholine rings is 1. The van der Waals surface area contributed by atoms with Gasteiger partial charge in [-0.25, -0.2) is 8.42 Å². The standard InChI is InChI=1S/C20H25N3O3S/c1-14-2-8-18(9-3-14)27(24,25)22-12-19(15-4-5-15)26-20(13-22)16-10-21-23(11-16)17-6-7-17/h2-3,8-11,15,17,19-20H,4-7,12-13H2,1H3/t19-,20?/m0/s1. The van der Waals surface area contributed by atoms with Crippen molar-refractivity contribution in [2.24, 2.45) is 5.92 Å². The lowest BCUT2D eigenvalue weighted by atomic mass is 10.1. The summed E-state index contributed by atoms with van der Waals surface area (Å²) in [5, 5.41) is 4.46. The molecule has 2 aliphatic carbocycles. The van der Waals surface area contributed by atoms with Crippen molar-refractivity contribution in [2.75, 3.05) is 13.1 Å². The summed E-state index contributed by atoms with van der Waals surface area (Å²) in [5.41, 5.74) is 2.04. The van der Waals surface area contributed by atoms with Gasteiger partial charge in [-0.3, -0.25) is 4.68 Å². The lowest BCUT2D eigenvalue weighted by Crippen LogP contribution is -2.47. The maximum Gasteiger partial charge on any atom is 0.243 e. The van der Waals surface area contributed by atoms with E-state index in [0.717, 1.165) is 24.0 Å². The van der Waals surface area contributed by atoms with E-state index in [1.54, 1.807) is 16.4 Å². The lowest BCUT2D eigenvalue weighted by Gasteiger charge is -2.37. The normalized spacial score (nSPS) is 27.0. The molecule has 2 aromatic rings. The molecule has 0 bridgehead atoms. The van der Waals surface area contributed by atoms with Gasteiger partial charge in [0, 0.05) is 24.8 Å².